The van der Waals surface area contributed by atoms with Crippen LogP contribution < -0.4 is 10.9 Å². The van der Waals surface area contributed by atoms with Crippen LogP contribution in [0.3, 0.4) is 0 Å². The summed E-state index contributed by atoms with van der Waals surface area (Å²) in [5.41, 5.74) is 5.68. The summed E-state index contributed by atoms with van der Waals surface area (Å²) in [4.78, 5) is 0. The summed E-state index contributed by atoms with van der Waals surface area (Å²) in [6.45, 7) is 2.11. The van der Waals surface area contributed by atoms with E-state index < -0.39 is 0 Å². The molecule has 3 nitrogen and oxygen atoms in total. The van der Waals surface area contributed by atoms with Gasteiger partial charge < -0.3 is 5.11 Å². The van der Waals surface area contributed by atoms with E-state index in [0.29, 0.717) is 6.04 Å². The monoisotopic (exact) mass is 164 g/mol. The first kappa shape index (κ1) is 10.2. The molecule has 0 aromatic carbocycles. The standard InChI is InChI=1S/C6H16N2OS/c1-3-6(4-10-2)8-7-5-9/h6-9H,3-5H2,1-2H3. The third-order valence-electron chi connectivity index (χ3n) is 1.25. The maximum absolute atomic E-state index is 8.40. The van der Waals surface area contributed by atoms with E-state index in [1.807, 2.05) is 0 Å². The molecule has 0 aliphatic carbocycles. The average Bonchev–Trinajstić information content (AvgIpc) is 1.98. The van der Waals surface area contributed by atoms with Gasteiger partial charge in [0.05, 0.1) is 0 Å². The second-order valence-electron chi connectivity index (χ2n) is 2.04. The summed E-state index contributed by atoms with van der Waals surface area (Å²) in [5, 5.41) is 8.40. The van der Waals surface area contributed by atoms with E-state index in [0.717, 1.165) is 12.2 Å². The summed E-state index contributed by atoms with van der Waals surface area (Å²) in [5.74, 6) is 1.07. The summed E-state index contributed by atoms with van der Waals surface area (Å²) >= 11 is 1.80. The largest absolute Gasteiger partial charge is 0.380 e. The second-order valence-corrected chi connectivity index (χ2v) is 2.95. The number of hydrogen-bond acceptors (Lipinski definition) is 4. The van der Waals surface area contributed by atoms with Gasteiger partial charge in [0.25, 0.3) is 0 Å². The highest BCUT2D eigenvalue weighted by molar-refractivity contribution is 7.98. The molecule has 0 amide bonds. The lowest BCUT2D eigenvalue weighted by atomic mass is 10.3. The average molecular weight is 164 g/mol. The highest BCUT2D eigenvalue weighted by Crippen LogP contribution is 1.98. The molecule has 10 heavy (non-hydrogen) atoms. The highest BCUT2D eigenvalue weighted by Gasteiger charge is 2.01. The molecule has 1 unspecified atom stereocenters. The SMILES string of the molecule is CCC(CSC)NNCO. The van der Waals surface area contributed by atoms with Crippen LogP contribution in [0.1, 0.15) is 13.3 Å². The number of nitrogens with one attached hydrogen (secondary N) is 2. The molecule has 0 aromatic rings. The highest BCUT2D eigenvalue weighted by atomic mass is 32.2. The fourth-order valence-electron chi connectivity index (χ4n) is 0.653. The molecule has 0 bridgehead atoms. The van der Waals surface area contributed by atoms with Gasteiger partial charge in [-0.2, -0.15) is 11.8 Å². The topological polar surface area (TPSA) is 44.3 Å². The molecule has 0 radical (unpaired) electrons. The quantitative estimate of drug-likeness (QED) is 0.387. The van der Waals surface area contributed by atoms with E-state index in [1.165, 1.54) is 0 Å². The Bertz CT molecular complexity index is 72.8. The second kappa shape index (κ2) is 7.34. The molecule has 3 N–H and O–H groups in total. The Labute approximate surface area is 66.6 Å². The Balaban J connectivity index is 3.21. The van der Waals surface area contributed by atoms with Crippen LogP contribution >= 0.6 is 11.8 Å². The molecule has 0 aromatic heterocycles. The minimum atomic E-state index is -0.00905. The fraction of sp³-hybridized carbons (Fsp3) is 1.00. The number of aliphatic hydroxyl groups excluding tert-OH is 1. The van der Waals surface area contributed by atoms with Gasteiger partial charge in [0, 0.05) is 11.8 Å². The first-order chi connectivity index (χ1) is 4.85. The Kier molecular flexibility index (Phi) is 7.51. The van der Waals surface area contributed by atoms with Gasteiger partial charge in [-0.25, -0.2) is 5.43 Å². The van der Waals surface area contributed by atoms with Crippen LogP contribution in [0.15, 0.2) is 0 Å². The third kappa shape index (κ3) is 5.05. The van der Waals surface area contributed by atoms with Crippen LogP contribution in [-0.4, -0.2) is 29.9 Å². The molecule has 1 atom stereocenters. The number of aliphatic hydroxyl groups is 1. The minimum absolute atomic E-state index is 0.00905. The van der Waals surface area contributed by atoms with Crippen LogP contribution in [0, 0.1) is 0 Å². The minimum Gasteiger partial charge on any atom is -0.380 e. The molecule has 0 aliphatic rings. The van der Waals surface area contributed by atoms with Gasteiger partial charge in [0.15, 0.2) is 0 Å². The molecule has 0 fully saturated rings. The normalized spacial score (nSPS) is 13.5. The molecule has 4 heteroatoms. The molecule has 0 aliphatic heterocycles. The lowest BCUT2D eigenvalue weighted by molar-refractivity contribution is 0.227. The van der Waals surface area contributed by atoms with Gasteiger partial charge >= 0.3 is 0 Å². The zero-order valence-electron chi connectivity index (χ0n) is 6.55. The number of thioether (sulfide) groups is 1. The molecular formula is C6H16N2OS. The van der Waals surface area contributed by atoms with Crippen molar-refractivity contribution in [1.29, 1.82) is 0 Å². The van der Waals surface area contributed by atoms with E-state index >= 15 is 0 Å². The number of hydrazine groups is 1. The van der Waals surface area contributed by atoms with Crippen molar-refractivity contribution in [2.75, 3.05) is 18.7 Å². The molecular weight excluding hydrogens is 148 g/mol. The van der Waals surface area contributed by atoms with E-state index in [9.17, 15) is 0 Å². The van der Waals surface area contributed by atoms with Crippen molar-refractivity contribution < 1.29 is 5.11 Å². The molecule has 0 saturated heterocycles. The summed E-state index contributed by atoms with van der Waals surface area (Å²) < 4.78 is 0. The zero-order valence-corrected chi connectivity index (χ0v) is 7.37. The summed E-state index contributed by atoms with van der Waals surface area (Å²) in [7, 11) is 0. The number of hydrogen-bond donors (Lipinski definition) is 3. The van der Waals surface area contributed by atoms with Gasteiger partial charge in [-0.3, -0.25) is 5.43 Å². The summed E-state index contributed by atoms with van der Waals surface area (Å²) in [6.07, 6.45) is 3.15. The Morgan fingerprint density at radius 3 is 2.70 bits per heavy atom. The van der Waals surface area contributed by atoms with Gasteiger partial charge in [-0.15, -0.1) is 0 Å². The Hall–Kier alpha value is 0.230. The fourth-order valence-corrected chi connectivity index (χ4v) is 1.37. The van der Waals surface area contributed by atoms with Crippen molar-refractivity contribution in [2.24, 2.45) is 0 Å². The molecule has 0 spiro atoms. The lowest BCUT2D eigenvalue weighted by Crippen LogP contribution is -2.42. The van der Waals surface area contributed by atoms with E-state index in [2.05, 4.69) is 24.0 Å². The molecule has 0 heterocycles. The zero-order chi connectivity index (χ0) is 7.82. The molecule has 62 valence electrons. The van der Waals surface area contributed by atoms with Crippen molar-refractivity contribution >= 4 is 11.8 Å². The van der Waals surface area contributed by atoms with E-state index in [-0.39, 0.29) is 6.73 Å². The van der Waals surface area contributed by atoms with Gasteiger partial charge in [-0.1, -0.05) is 6.92 Å². The summed E-state index contributed by atoms with van der Waals surface area (Å²) in [6, 6.07) is 0.460. The van der Waals surface area contributed by atoms with Crippen LogP contribution in [-0.2, 0) is 0 Å². The van der Waals surface area contributed by atoms with Crippen LogP contribution in [0.4, 0.5) is 0 Å². The molecule has 0 rings (SSSR count). The lowest BCUT2D eigenvalue weighted by Gasteiger charge is -2.14. The number of rotatable bonds is 6. The maximum Gasteiger partial charge on any atom is 0.106 e. The third-order valence-corrected chi connectivity index (χ3v) is 1.98. The van der Waals surface area contributed by atoms with Gasteiger partial charge in [0.2, 0.25) is 0 Å². The molecule has 0 saturated carbocycles. The van der Waals surface area contributed by atoms with Crippen LogP contribution in [0.2, 0.25) is 0 Å². The van der Waals surface area contributed by atoms with Crippen molar-refractivity contribution in [3.63, 3.8) is 0 Å². The first-order valence-electron chi connectivity index (χ1n) is 3.43. The van der Waals surface area contributed by atoms with Crippen LogP contribution in [0.25, 0.3) is 0 Å². The predicted molar refractivity (Wildman–Crippen MR) is 45.8 cm³/mol. The van der Waals surface area contributed by atoms with Crippen molar-refractivity contribution in [1.82, 2.24) is 10.9 Å². The first-order valence-corrected chi connectivity index (χ1v) is 4.82. The van der Waals surface area contributed by atoms with E-state index in [4.69, 9.17) is 5.11 Å². The van der Waals surface area contributed by atoms with Crippen molar-refractivity contribution in [2.45, 2.75) is 19.4 Å². The van der Waals surface area contributed by atoms with Crippen molar-refractivity contribution in [3.8, 4) is 0 Å². The smallest absolute Gasteiger partial charge is 0.106 e. The van der Waals surface area contributed by atoms with Gasteiger partial charge in [-0.05, 0) is 12.7 Å². The Morgan fingerprint density at radius 2 is 2.30 bits per heavy atom. The maximum atomic E-state index is 8.40. The van der Waals surface area contributed by atoms with Crippen LogP contribution in [0.5, 0.6) is 0 Å². The van der Waals surface area contributed by atoms with E-state index in [1.54, 1.807) is 11.8 Å². The van der Waals surface area contributed by atoms with Gasteiger partial charge in [0.1, 0.15) is 6.73 Å². The van der Waals surface area contributed by atoms with Crippen molar-refractivity contribution in [3.05, 3.63) is 0 Å². The Morgan fingerprint density at radius 1 is 1.60 bits per heavy atom. The predicted octanol–water partition coefficient (Wildman–Crippen LogP) is 0.172.